The van der Waals surface area contributed by atoms with Crippen LogP contribution in [0.1, 0.15) is 63.8 Å². The van der Waals surface area contributed by atoms with E-state index in [1.807, 2.05) is 31.9 Å². The highest BCUT2D eigenvalue weighted by Gasteiger charge is 2.29. The number of aromatic amines is 1. The lowest BCUT2D eigenvalue weighted by Gasteiger charge is -2.33. The minimum Gasteiger partial charge on any atom is -0.444 e. The predicted octanol–water partition coefficient (Wildman–Crippen LogP) is 4.04. The van der Waals surface area contributed by atoms with E-state index in [1.54, 1.807) is 0 Å². The number of nitrogens with zero attached hydrogens (tertiary/aromatic N) is 3. The van der Waals surface area contributed by atoms with Gasteiger partial charge in [-0.2, -0.15) is 0 Å². The van der Waals surface area contributed by atoms with Crippen molar-refractivity contribution in [3.8, 4) is 0 Å². The maximum absolute atomic E-state index is 12.3. The van der Waals surface area contributed by atoms with Crippen molar-refractivity contribution < 1.29 is 14.3 Å². The van der Waals surface area contributed by atoms with Crippen LogP contribution in [0.5, 0.6) is 0 Å². The molecule has 4 rings (SSSR count). The minimum atomic E-state index is -0.457. The normalized spacial score (nSPS) is 19.6. The van der Waals surface area contributed by atoms with Crippen LogP contribution in [0, 0.1) is 5.92 Å². The maximum atomic E-state index is 12.3. The molecule has 0 aliphatic carbocycles. The molecule has 0 unspecified atom stereocenters. The number of aromatic nitrogens is 3. The first-order chi connectivity index (χ1) is 13.9. The molecule has 2 aliphatic rings. The van der Waals surface area contributed by atoms with Gasteiger partial charge in [-0.1, -0.05) is 0 Å². The first-order valence-corrected chi connectivity index (χ1v) is 10.8. The summed E-state index contributed by atoms with van der Waals surface area (Å²) in [6.45, 7) is 8.84. The van der Waals surface area contributed by atoms with Crippen LogP contribution in [0.3, 0.4) is 0 Å². The number of rotatable bonds is 3. The number of H-pyrrole nitrogens is 1. The van der Waals surface area contributed by atoms with Crippen molar-refractivity contribution >= 4 is 17.3 Å². The Bertz CT molecular complexity index is 843. The van der Waals surface area contributed by atoms with E-state index in [2.05, 4.69) is 16.0 Å². The zero-order valence-electron chi connectivity index (χ0n) is 17.7. The second-order valence-corrected chi connectivity index (χ2v) is 9.28. The molecule has 2 aromatic rings. The van der Waals surface area contributed by atoms with E-state index in [1.165, 1.54) is 5.56 Å². The Morgan fingerprint density at radius 2 is 1.97 bits per heavy atom. The molecule has 0 spiro atoms. The molecular formula is C22H32N4O3. The zero-order valence-corrected chi connectivity index (χ0v) is 17.7. The molecule has 29 heavy (non-hydrogen) atoms. The molecular weight excluding hydrogens is 368 g/mol. The molecule has 0 bridgehead atoms. The van der Waals surface area contributed by atoms with Gasteiger partial charge in [-0.25, -0.2) is 14.8 Å². The van der Waals surface area contributed by atoms with Gasteiger partial charge in [-0.05, 0) is 69.9 Å². The van der Waals surface area contributed by atoms with Gasteiger partial charge < -0.3 is 19.4 Å². The Labute approximate surface area is 172 Å². The van der Waals surface area contributed by atoms with Crippen molar-refractivity contribution in [1.82, 2.24) is 19.9 Å². The fourth-order valence-electron chi connectivity index (χ4n) is 4.33. The first kappa shape index (κ1) is 20.1. The molecule has 0 aromatic carbocycles. The van der Waals surface area contributed by atoms with Gasteiger partial charge in [0.2, 0.25) is 0 Å². The van der Waals surface area contributed by atoms with Gasteiger partial charge in [-0.15, -0.1) is 0 Å². The van der Waals surface area contributed by atoms with Crippen molar-refractivity contribution in [3.05, 3.63) is 23.7 Å². The number of piperidine rings is 1. The van der Waals surface area contributed by atoms with Crippen LogP contribution in [0.25, 0.3) is 11.2 Å². The third kappa shape index (κ3) is 4.89. The number of carbonyl (C=O) groups excluding carboxylic acids is 1. The van der Waals surface area contributed by atoms with Gasteiger partial charge in [0.05, 0.1) is 0 Å². The van der Waals surface area contributed by atoms with E-state index in [0.717, 1.165) is 62.3 Å². The van der Waals surface area contributed by atoms with Gasteiger partial charge in [-0.3, -0.25) is 0 Å². The van der Waals surface area contributed by atoms with Crippen molar-refractivity contribution in [3.63, 3.8) is 0 Å². The average molecular weight is 401 g/mol. The Morgan fingerprint density at radius 1 is 1.24 bits per heavy atom. The Balaban J connectivity index is 1.43. The first-order valence-electron chi connectivity index (χ1n) is 10.8. The van der Waals surface area contributed by atoms with E-state index in [9.17, 15) is 4.79 Å². The highest BCUT2D eigenvalue weighted by molar-refractivity contribution is 5.75. The number of amides is 1. The quantitative estimate of drug-likeness (QED) is 0.841. The molecule has 2 saturated heterocycles. The molecule has 4 heterocycles. The third-order valence-corrected chi connectivity index (χ3v) is 5.87. The number of imidazole rings is 1. The van der Waals surface area contributed by atoms with E-state index in [4.69, 9.17) is 14.5 Å². The lowest BCUT2D eigenvalue weighted by Crippen LogP contribution is -2.41. The van der Waals surface area contributed by atoms with E-state index >= 15 is 0 Å². The number of nitrogens with one attached hydrogen (secondary N) is 1. The van der Waals surface area contributed by atoms with Crippen LogP contribution in [0.4, 0.5) is 4.79 Å². The summed E-state index contributed by atoms with van der Waals surface area (Å²) >= 11 is 0. The van der Waals surface area contributed by atoms with Gasteiger partial charge in [0.25, 0.3) is 0 Å². The summed E-state index contributed by atoms with van der Waals surface area (Å²) in [4.78, 5) is 27.0. The summed E-state index contributed by atoms with van der Waals surface area (Å²) in [5.41, 5.74) is 2.65. The zero-order chi connectivity index (χ0) is 20.4. The summed E-state index contributed by atoms with van der Waals surface area (Å²) in [7, 11) is 0. The molecule has 7 heteroatoms. The summed E-state index contributed by atoms with van der Waals surface area (Å²) in [6, 6.07) is 2.09. The molecule has 7 nitrogen and oxygen atoms in total. The Kier molecular flexibility index (Phi) is 5.76. The number of hydrogen-bond acceptors (Lipinski definition) is 5. The molecule has 158 valence electrons. The van der Waals surface area contributed by atoms with Crippen LogP contribution < -0.4 is 0 Å². The second kappa shape index (κ2) is 8.30. The summed E-state index contributed by atoms with van der Waals surface area (Å²) < 4.78 is 11.0. The van der Waals surface area contributed by atoms with Crippen LogP contribution in [-0.4, -0.2) is 57.8 Å². The van der Waals surface area contributed by atoms with Crippen LogP contribution in [0.2, 0.25) is 0 Å². The van der Waals surface area contributed by atoms with Crippen LogP contribution >= 0.6 is 0 Å². The minimum absolute atomic E-state index is 0.214. The largest absolute Gasteiger partial charge is 0.444 e. The second-order valence-electron chi connectivity index (χ2n) is 9.28. The molecule has 2 fully saturated rings. The highest BCUT2D eigenvalue weighted by Crippen LogP contribution is 2.32. The molecule has 0 atom stereocenters. The molecule has 1 N–H and O–H groups in total. The number of fused-ring (bicyclic) bond motifs is 1. The van der Waals surface area contributed by atoms with Gasteiger partial charge in [0, 0.05) is 38.9 Å². The summed E-state index contributed by atoms with van der Waals surface area (Å²) in [5, 5.41) is 0. The van der Waals surface area contributed by atoms with Crippen molar-refractivity contribution in [2.24, 2.45) is 5.92 Å². The number of hydrogen-bond donors (Lipinski definition) is 1. The van der Waals surface area contributed by atoms with Crippen molar-refractivity contribution in [2.75, 3.05) is 26.3 Å². The third-order valence-electron chi connectivity index (χ3n) is 5.87. The SMILES string of the molecule is CC(C)(C)OC(=O)N1CCC(c2ccnc3[nH]c(CC4CCOCC4)nc23)CC1. The van der Waals surface area contributed by atoms with E-state index < -0.39 is 5.60 Å². The summed E-state index contributed by atoms with van der Waals surface area (Å²) in [6.07, 6.45) is 6.64. The smallest absolute Gasteiger partial charge is 0.410 e. The molecule has 0 saturated carbocycles. The van der Waals surface area contributed by atoms with Gasteiger partial charge in [0.15, 0.2) is 5.65 Å². The highest BCUT2D eigenvalue weighted by atomic mass is 16.6. The summed E-state index contributed by atoms with van der Waals surface area (Å²) in [5.74, 6) is 2.04. The average Bonchev–Trinajstić information content (AvgIpc) is 3.10. The fraction of sp³-hybridized carbons (Fsp3) is 0.682. The molecule has 1 amide bonds. The number of ether oxygens (including phenoxy) is 2. The number of carbonyl (C=O) groups is 1. The fourth-order valence-corrected chi connectivity index (χ4v) is 4.33. The van der Waals surface area contributed by atoms with Crippen molar-refractivity contribution in [2.45, 2.75) is 64.4 Å². The van der Waals surface area contributed by atoms with Crippen molar-refractivity contribution in [1.29, 1.82) is 0 Å². The van der Waals surface area contributed by atoms with Crippen LogP contribution in [0.15, 0.2) is 12.3 Å². The van der Waals surface area contributed by atoms with E-state index in [-0.39, 0.29) is 6.09 Å². The van der Waals surface area contributed by atoms with Crippen LogP contribution in [-0.2, 0) is 15.9 Å². The van der Waals surface area contributed by atoms with Gasteiger partial charge >= 0.3 is 6.09 Å². The Hall–Kier alpha value is -2.15. The monoisotopic (exact) mass is 400 g/mol. The van der Waals surface area contributed by atoms with E-state index in [0.29, 0.717) is 24.9 Å². The molecule has 0 radical (unpaired) electrons. The molecule has 2 aromatic heterocycles. The van der Waals surface area contributed by atoms with Gasteiger partial charge in [0.1, 0.15) is 16.9 Å². The number of likely N-dealkylation sites (tertiary alicyclic amines) is 1. The number of pyridine rings is 1. The standard InChI is InChI=1S/C22H32N4O3/c1-22(2,3)29-21(27)26-10-5-16(6-11-26)17-4-9-23-20-19(17)24-18(25-20)14-15-7-12-28-13-8-15/h4,9,15-16H,5-8,10-14H2,1-3H3,(H,23,24,25). The molecule has 2 aliphatic heterocycles. The predicted molar refractivity (Wildman–Crippen MR) is 111 cm³/mol. The maximum Gasteiger partial charge on any atom is 0.410 e. The lowest BCUT2D eigenvalue weighted by molar-refractivity contribution is 0.0205. The Morgan fingerprint density at radius 3 is 2.66 bits per heavy atom. The topological polar surface area (TPSA) is 80.3 Å². The lowest BCUT2D eigenvalue weighted by atomic mass is 9.89.